The number of allylic oxidation sites excluding steroid dienone is 4. The number of carbonyl (C=O) groups excluding carboxylic acids is 1. The minimum absolute atomic E-state index is 0.218. The fourth-order valence-corrected chi connectivity index (χ4v) is 3.80. The number of hydrogen-bond donors (Lipinski definition) is 3. The number of pyridine rings is 1. The monoisotopic (exact) mass is 395 g/mol. The second kappa shape index (κ2) is 8.74. The molecule has 1 aromatic heterocycles. The zero-order valence-electron chi connectivity index (χ0n) is 17.1. The van der Waals surface area contributed by atoms with E-state index in [1.165, 1.54) is 0 Å². The number of nitrogens with one attached hydrogen (secondary N) is 2. The molecule has 6 nitrogen and oxygen atoms in total. The lowest BCUT2D eigenvalue weighted by Crippen LogP contribution is -2.37. The molecule has 29 heavy (non-hydrogen) atoms. The average molecular weight is 396 g/mol. The van der Waals surface area contributed by atoms with E-state index >= 15 is 0 Å². The van der Waals surface area contributed by atoms with Crippen molar-refractivity contribution in [1.29, 1.82) is 5.41 Å². The molecule has 0 atom stereocenters. The highest BCUT2D eigenvalue weighted by atomic mass is 16.5. The van der Waals surface area contributed by atoms with E-state index in [0.29, 0.717) is 41.0 Å². The third-order valence-corrected chi connectivity index (χ3v) is 5.70. The van der Waals surface area contributed by atoms with Gasteiger partial charge < -0.3 is 20.6 Å². The number of aliphatic hydroxyl groups is 1. The maximum atomic E-state index is 12.7. The standard InChI is InChI=1S/C23H29N3O3/c1-15-13-18(10-11-20(15)24)29-22-19(5-4-12-25-22)21(27)26-14-16-6-8-17(9-7-16)23(2,3)28/h4-5,10-13,16-17,24,28H,1,6-9,14H2,2-3H3,(H,26,27). The van der Waals surface area contributed by atoms with Gasteiger partial charge in [0.25, 0.3) is 5.91 Å². The van der Waals surface area contributed by atoms with Crippen LogP contribution in [-0.4, -0.2) is 33.9 Å². The molecule has 3 rings (SSSR count). The lowest BCUT2D eigenvalue weighted by atomic mass is 9.75. The van der Waals surface area contributed by atoms with Crippen molar-refractivity contribution in [2.24, 2.45) is 11.8 Å². The van der Waals surface area contributed by atoms with Crippen molar-refractivity contribution >= 4 is 11.6 Å². The Labute approximate surface area is 171 Å². The van der Waals surface area contributed by atoms with Gasteiger partial charge in [-0.1, -0.05) is 6.58 Å². The molecular weight excluding hydrogens is 366 g/mol. The van der Waals surface area contributed by atoms with Crippen LogP contribution in [0.15, 0.2) is 54.5 Å². The SMILES string of the molecule is C=C1C=C(Oc2ncccc2C(=O)NCC2CCC(C(C)(C)O)CC2)C=CC1=N. The Bertz CT molecular complexity index is 856. The fraction of sp³-hybridized carbons (Fsp3) is 0.435. The molecule has 6 heteroatoms. The maximum absolute atomic E-state index is 12.7. The summed E-state index contributed by atoms with van der Waals surface area (Å²) in [4.78, 5) is 16.9. The van der Waals surface area contributed by atoms with Crippen LogP contribution in [0.2, 0.25) is 0 Å². The Morgan fingerprint density at radius 3 is 2.72 bits per heavy atom. The summed E-state index contributed by atoms with van der Waals surface area (Å²) in [7, 11) is 0. The summed E-state index contributed by atoms with van der Waals surface area (Å²) in [5, 5.41) is 20.9. The second-order valence-corrected chi connectivity index (χ2v) is 8.36. The summed E-state index contributed by atoms with van der Waals surface area (Å²) >= 11 is 0. The summed E-state index contributed by atoms with van der Waals surface area (Å²) in [6, 6.07) is 3.39. The number of amides is 1. The molecule has 3 N–H and O–H groups in total. The van der Waals surface area contributed by atoms with E-state index in [-0.39, 0.29) is 11.8 Å². The van der Waals surface area contributed by atoms with Gasteiger partial charge in [-0.3, -0.25) is 4.79 Å². The lowest BCUT2D eigenvalue weighted by Gasteiger charge is -2.35. The largest absolute Gasteiger partial charge is 0.438 e. The molecule has 1 saturated carbocycles. The van der Waals surface area contributed by atoms with Crippen molar-refractivity contribution in [1.82, 2.24) is 10.3 Å². The van der Waals surface area contributed by atoms with Crippen LogP contribution in [0.3, 0.4) is 0 Å². The lowest BCUT2D eigenvalue weighted by molar-refractivity contribution is -0.00575. The van der Waals surface area contributed by atoms with Crippen molar-refractivity contribution < 1.29 is 14.6 Å². The molecule has 1 heterocycles. The Morgan fingerprint density at radius 2 is 2.07 bits per heavy atom. The highest BCUT2D eigenvalue weighted by Crippen LogP contribution is 2.35. The predicted octanol–water partition coefficient (Wildman–Crippen LogP) is 3.80. The van der Waals surface area contributed by atoms with E-state index in [4.69, 9.17) is 10.1 Å². The molecule has 0 bridgehead atoms. The molecule has 0 saturated heterocycles. The van der Waals surface area contributed by atoms with Crippen LogP contribution in [0.4, 0.5) is 0 Å². The first kappa shape index (κ1) is 21.0. The molecule has 1 fully saturated rings. The molecule has 0 unspecified atom stereocenters. The van der Waals surface area contributed by atoms with Gasteiger partial charge in [-0.05, 0) is 87.3 Å². The molecule has 2 aliphatic rings. The van der Waals surface area contributed by atoms with Crippen molar-refractivity contribution in [3.63, 3.8) is 0 Å². The smallest absolute Gasteiger partial charge is 0.256 e. The molecule has 0 aliphatic heterocycles. The van der Waals surface area contributed by atoms with Gasteiger partial charge in [0.1, 0.15) is 11.3 Å². The van der Waals surface area contributed by atoms with Gasteiger partial charge in [0.05, 0.1) is 11.3 Å². The molecule has 2 aliphatic carbocycles. The van der Waals surface area contributed by atoms with Crippen LogP contribution >= 0.6 is 0 Å². The molecule has 1 aromatic rings. The molecule has 0 spiro atoms. The van der Waals surface area contributed by atoms with E-state index in [1.54, 1.807) is 36.6 Å². The van der Waals surface area contributed by atoms with Gasteiger partial charge in [-0.25, -0.2) is 4.98 Å². The van der Waals surface area contributed by atoms with Crippen LogP contribution in [-0.2, 0) is 0 Å². The molecule has 0 radical (unpaired) electrons. The summed E-state index contributed by atoms with van der Waals surface area (Å²) in [5.41, 5.74) is 0.613. The summed E-state index contributed by atoms with van der Waals surface area (Å²) in [6.45, 7) is 8.15. The van der Waals surface area contributed by atoms with Gasteiger partial charge in [0.2, 0.25) is 5.88 Å². The fourth-order valence-electron chi connectivity index (χ4n) is 3.80. The number of carbonyl (C=O) groups is 1. The van der Waals surface area contributed by atoms with Crippen LogP contribution in [0.5, 0.6) is 5.88 Å². The minimum Gasteiger partial charge on any atom is -0.438 e. The first-order valence-electron chi connectivity index (χ1n) is 10.0. The second-order valence-electron chi connectivity index (χ2n) is 8.36. The summed E-state index contributed by atoms with van der Waals surface area (Å²) in [5.74, 6) is 1.24. The van der Waals surface area contributed by atoms with Gasteiger partial charge >= 0.3 is 0 Å². The van der Waals surface area contributed by atoms with Gasteiger partial charge in [0.15, 0.2) is 0 Å². The summed E-state index contributed by atoms with van der Waals surface area (Å²) < 4.78 is 5.79. The number of nitrogens with zero attached hydrogens (tertiary/aromatic N) is 1. The Hall–Kier alpha value is -2.73. The maximum Gasteiger partial charge on any atom is 0.256 e. The summed E-state index contributed by atoms with van der Waals surface area (Å²) in [6.07, 6.45) is 10.4. The number of aromatic nitrogens is 1. The Balaban J connectivity index is 1.58. The number of ether oxygens (including phenoxy) is 1. The van der Waals surface area contributed by atoms with Crippen LogP contribution in [0, 0.1) is 17.2 Å². The van der Waals surface area contributed by atoms with E-state index in [1.807, 2.05) is 13.8 Å². The third kappa shape index (κ3) is 5.41. The molecule has 154 valence electrons. The highest BCUT2D eigenvalue weighted by molar-refractivity contribution is 6.09. The zero-order valence-corrected chi connectivity index (χ0v) is 17.1. The van der Waals surface area contributed by atoms with Gasteiger partial charge in [0, 0.05) is 12.7 Å². The van der Waals surface area contributed by atoms with Gasteiger partial charge in [-0.15, -0.1) is 0 Å². The van der Waals surface area contributed by atoms with Crippen molar-refractivity contribution in [3.05, 3.63) is 60.0 Å². The van der Waals surface area contributed by atoms with Crippen LogP contribution < -0.4 is 10.1 Å². The van der Waals surface area contributed by atoms with Crippen LogP contribution in [0.25, 0.3) is 0 Å². The van der Waals surface area contributed by atoms with Crippen molar-refractivity contribution in [2.45, 2.75) is 45.1 Å². The highest BCUT2D eigenvalue weighted by Gasteiger charge is 2.31. The van der Waals surface area contributed by atoms with Gasteiger partial charge in [-0.2, -0.15) is 0 Å². The van der Waals surface area contributed by atoms with E-state index in [0.717, 1.165) is 25.7 Å². The Kier molecular flexibility index (Phi) is 6.33. The average Bonchev–Trinajstić information content (AvgIpc) is 2.69. The molecule has 0 aromatic carbocycles. The molecule has 1 amide bonds. The zero-order chi connectivity index (χ0) is 21.0. The van der Waals surface area contributed by atoms with E-state index in [9.17, 15) is 9.90 Å². The van der Waals surface area contributed by atoms with E-state index < -0.39 is 5.60 Å². The quantitative estimate of drug-likeness (QED) is 0.683. The van der Waals surface area contributed by atoms with Crippen LogP contribution in [0.1, 0.15) is 49.9 Å². The van der Waals surface area contributed by atoms with Crippen molar-refractivity contribution in [2.75, 3.05) is 6.54 Å². The number of hydrogen-bond acceptors (Lipinski definition) is 5. The predicted molar refractivity (Wildman–Crippen MR) is 113 cm³/mol. The van der Waals surface area contributed by atoms with Crippen molar-refractivity contribution in [3.8, 4) is 5.88 Å². The topological polar surface area (TPSA) is 95.3 Å². The first-order valence-corrected chi connectivity index (χ1v) is 10.0. The third-order valence-electron chi connectivity index (χ3n) is 5.70. The number of rotatable bonds is 6. The Morgan fingerprint density at radius 1 is 1.34 bits per heavy atom. The minimum atomic E-state index is -0.637. The molecular formula is C23H29N3O3. The first-order chi connectivity index (χ1) is 13.7. The van der Waals surface area contributed by atoms with E-state index in [2.05, 4.69) is 16.9 Å². The normalized spacial score (nSPS) is 22.2.